The van der Waals surface area contributed by atoms with Gasteiger partial charge < -0.3 is 15.2 Å². The van der Waals surface area contributed by atoms with E-state index in [0.29, 0.717) is 11.8 Å². The highest BCUT2D eigenvalue weighted by Gasteiger charge is 2.20. The van der Waals surface area contributed by atoms with Crippen LogP contribution in [0.1, 0.15) is 18.4 Å². The number of H-pyrrole nitrogens is 1. The molecule has 0 unspecified atom stereocenters. The maximum absolute atomic E-state index is 10.7. The van der Waals surface area contributed by atoms with Crippen LogP contribution in [0.15, 0.2) is 48.7 Å². The molecule has 146 valence electrons. The molecule has 1 fully saturated rings. The van der Waals surface area contributed by atoms with Crippen molar-refractivity contribution in [3.05, 3.63) is 54.2 Å². The largest absolute Gasteiger partial charge is 0.482 e. The molecule has 0 saturated carbocycles. The number of likely N-dealkylation sites (tertiary alicyclic amines) is 1. The quantitative estimate of drug-likeness (QED) is 0.584. The number of aromatic nitrogens is 2. The van der Waals surface area contributed by atoms with E-state index in [1.165, 1.54) is 0 Å². The van der Waals surface area contributed by atoms with Gasteiger partial charge in [0.15, 0.2) is 6.61 Å². The Labute approximate surface area is 163 Å². The molecule has 1 aliphatic rings. The summed E-state index contributed by atoms with van der Waals surface area (Å²) in [5, 5.41) is 20.6. The van der Waals surface area contributed by atoms with E-state index >= 15 is 0 Å². The van der Waals surface area contributed by atoms with Crippen molar-refractivity contribution in [3.8, 4) is 5.75 Å². The lowest BCUT2D eigenvalue weighted by Crippen LogP contribution is -2.41. The van der Waals surface area contributed by atoms with Gasteiger partial charge in [0, 0.05) is 30.2 Å². The number of rotatable bonds is 7. The fourth-order valence-corrected chi connectivity index (χ4v) is 3.72. The van der Waals surface area contributed by atoms with Crippen molar-refractivity contribution in [1.82, 2.24) is 15.1 Å². The Kier molecular flexibility index (Phi) is 5.43. The van der Waals surface area contributed by atoms with Crippen molar-refractivity contribution in [3.63, 3.8) is 0 Å². The average Bonchev–Trinajstić information content (AvgIpc) is 3.15. The van der Waals surface area contributed by atoms with Crippen LogP contribution in [-0.4, -0.2) is 51.9 Å². The topological polar surface area (TPSA) is 90.5 Å². The normalized spacial score (nSPS) is 17.5. The highest BCUT2D eigenvalue weighted by molar-refractivity contribution is 5.81. The second-order valence-electron chi connectivity index (χ2n) is 7.22. The predicted molar refractivity (Wildman–Crippen MR) is 108 cm³/mol. The molecule has 0 bridgehead atoms. The fourth-order valence-electron chi connectivity index (χ4n) is 3.72. The van der Waals surface area contributed by atoms with Crippen LogP contribution in [0.3, 0.4) is 0 Å². The van der Waals surface area contributed by atoms with Crippen LogP contribution in [0, 0.1) is 0 Å². The lowest BCUT2D eigenvalue weighted by atomic mass is 10.0. The maximum Gasteiger partial charge on any atom is 0.341 e. The molecular formula is C21H24N4O3. The van der Waals surface area contributed by atoms with Crippen LogP contribution in [0.2, 0.25) is 0 Å². The number of anilines is 1. The first-order valence-corrected chi connectivity index (χ1v) is 9.51. The van der Waals surface area contributed by atoms with E-state index in [0.717, 1.165) is 54.6 Å². The number of fused-ring (bicyclic) bond motifs is 1. The molecule has 28 heavy (non-hydrogen) atoms. The van der Waals surface area contributed by atoms with E-state index < -0.39 is 5.97 Å². The molecular weight excluding hydrogens is 356 g/mol. The Balaban J connectivity index is 1.35. The number of hydrogen-bond acceptors (Lipinski definition) is 5. The Hall–Kier alpha value is -3.06. The number of carboxylic acids is 1. The smallest absolute Gasteiger partial charge is 0.341 e. The molecule has 0 spiro atoms. The molecule has 1 aliphatic heterocycles. The van der Waals surface area contributed by atoms with Crippen LogP contribution in [-0.2, 0) is 11.3 Å². The van der Waals surface area contributed by atoms with E-state index in [9.17, 15) is 4.79 Å². The molecule has 0 amide bonds. The van der Waals surface area contributed by atoms with Crippen LogP contribution >= 0.6 is 0 Å². The third-order valence-electron chi connectivity index (χ3n) is 4.98. The molecule has 1 saturated heterocycles. The van der Waals surface area contributed by atoms with Gasteiger partial charge in [-0.05, 0) is 55.3 Å². The second kappa shape index (κ2) is 8.31. The number of carboxylic acid groups (broad SMARTS) is 1. The van der Waals surface area contributed by atoms with Gasteiger partial charge in [0.25, 0.3) is 0 Å². The van der Waals surface area contributed by atoms with Gasteiger partial charge >= 0.3 is 5.97 Å². The van der Waals surface area contributed by atoms with Gasteiger partial charge in [-0.3, -0.25) is 10.00 Å². The van der Waals surface area contributed by atoms with Crippen LogP contribution in [0.25, 0.3) is 10.9 Å². The second-order valence-corrected chi connectivity index (χ2v) is 7.22. The van der Waals surface area contributed by atoms with Crippen LogP contribution in [0.5, 0.6) is 5.75 Å². The first kappa shape index (κ1) is 18.3. The third kappa shape index (κ3) is 4.61. The SMILES string of the molecule is O=C(O)COc1cccc(CN2CCC[C@H](Nc3ccc4[nH]ncc4c3)C2)c1. The van der Waals surface area contributed by atoms with E-state index in [1.807, 2.05) is 24.4 Å². The van der Waals surface area contributed by atoms with Crippen molar-refractivity contribution >= 4 is 22.6 Å². The Morgan fingerprint density at radius 2 is 2.25 bits per heavy atom. The maximum atomic E-state index is 10.7. The van der Waals surface area contributed by atoms with E-state index in [1.54, 1.807) is 6.07 Å². The van der Waals surface area contributed by atoms with E-state index in [-0.39, 0.29) is 6.61 Å². The van der Waals surface area contributed by atoms with Crippen molar-refractivity contribution in [2.24, 2.45) is 0 Å². The molecule has 3 N–H and O–H groups in total. The molecule has 2 heterocycles. The summed E-state index contributed by atoms with van der Waals surface area (Å²) in [5.41, 5.74) is 3.29. The van der Waals surface area contributed by atoms with Crippen molar-refractivity contribution in [1.29, 1.82) is 0 Å². The average molecular weight is 380 g/mol. The van der Waals surface area contributed by atoms with Gasteiger partial charge in [-0.25, -0.2) is 4.79 Å². The Bertz CT molecular complexity index is 955. The van der Waals surface area contributed by atoms with Crippen molar-refractivity contribution < 1.29 is 14.6 Å². The number of benzene rings is 2. The number of ether oxygens (including phenoxy) is 1. The molecule has 1 aromatic heterocycles. The summed E-state index contributed by atoms with van der Waals surface area (Å²) in [4.78, 5) is 13.1. The predicted octanol–water partition coefficient (Wildman–Crippen LogP) is 3.10. The number of aromatic amines is 1. The number of aliphatic carboxylic acids is 1. The molecule has 7 nitrogen and oxygen atoms in total. The molecule has 4 rings (SSSR count). The van der Waals surface area contributed by atoms with E-state index in [4.69, 9.17) is 9.84 Å². The monoisotopic (exact) mass is 380 g/mol. The molecule has 0 aliphatic carbocycles. The van der Waals surface area contributed by atoms with Gasteiger partial charge in [-0.1, -0.05) is 12.1 Å². The van der Waals surface area contributed by atoms with Crippen LogP contribution in [0.4, 0.5) is 5.69 Å². The summed E-state index contributed by atoms with van der Waals surface area (Å²) in [5.74, 6) is -0.371. The fraction of sp³-hybridized carbons (Fsp3) is 0.333. The first-order chi connectivity index (χ1) is 13.7. The van der Waals surface area contributed by atoms with E-state index in [2.05, 4.69) is 38.6 Å². The minimum atomic E-state index is -0.969. The van der Waals surface area contributed by atoms with Gasteiger partial charge in [-0.2, -0.15) is 5.10 Å². The summed E-state index contributed by atoms with van der Waals surface area (Å²) in [6, 6.07) is 14.3. The standard InChI is InChI=1S/C21H24N4O3/c26-21(27)14-28-19-5-1-3-15(9-19)12-25-8-2-4-18(13-25)23-17-6-7-20-16(10-17)11-22-24-20/h1,3,5-7,9-11,18,23H,2,4,8,12-14H2,(H,22,24)(H,26,27)/t18-/m0/s1. The molecule has 1 atom stereocenters. The van der Waals surface area contributed by atoms with Gasteiger partial charge in [-0.15, -0.1) is 0 Å². The molecule has 2 aromatic carbocycles. The third-order valence-corrected chi connectivity index (χ3v) is 4.98. The van der Waals surface area contributed by atoms with Crippen LogP contribution < -0.4 is 10.1 Å². The molecule has 0 radical (unpaired) electrons. The minimum absolute atomic E-state index is 0.319. The van der Waals surface area contributed by atoms with Gasteiger partial charge in [0.05, 0.1) is 11.7 Å². The lowest BCUT2D eigenvalue weighted by molar-refractivity contribution is -0.139. The van der Waals surface area contributed by atoms with Gasteiger partial charge in [0.2, 0.25) is 0 Å². The number of hydrogen-bond donors (Lipinski definition) is 3. The Morgan fingerprint density at radius 1 is 1.32 bits per heavy atom. The van der Waals surface area contributed by atoms with Gasteiger partial charge in [0.1, 0.15) is 5.75 Å². The van der Waals surface area contributed by atoms with Crippen molar-refractivity contribution in [2.45, 2.75) is 25.4 Å². The number of piperidine rings is 1. The summed E-state index contributed by atoms with van der Waals surface area (Å²) in [6.45, 7) is 2.52. The van der Waals surface area contributed by atoms with Crippen molar-refractivity contribution in [2.75, 3.05) is 25.0 Å². The Morgan fingerprint density at radius 3 is 3.14 bits per heavy atom. The highest BCUT2D eigenvalue weighted by Crippen LogP contribution is 2.22. The number of nitrogens with one attached hydrogen (secondary N) is 2. The first-order valence-electron chi connectivity index (χ1n) is 9.51. The summed E-state index contributed by atoms with van der Waals surface area (Å²) < 4.78 is 5.29. The zero-order chi connectivity index (χ0) is 19.3. The summed E-state index contributed by atoms with van der Waals surface area (Å²) >= 11 is 0. The summed E-state index contributed by atoms with van der Waals surface area (Å²) in [7, 11) is 0. The zero-order valence-corrected chi connectivity index (χ0v) is 15.6. The zero-order valence-electron chi connectivity index (χ0n) is 15.6. The molecule has 7 heteroatoms. The molecule has 3 aromatic rings. The highest BCUT2D eigenvalue weighted by atomic mass is 16.5. The summed E-state index contributed by atoms with van der Waals surface area (Å²) in [6.07, 6.45) is 4.12. The number of carbonyl (C=O) groups is 1. The lowest BCUT2D eigenvalue weighted by Gasteiger charge is -2.33. The minimum Gasteiger partial charge on any atom is -0.482 e. The number of nitrogens with zero attached hydrogens (tertiary/aromatic N) is 2.